The SMILES string of the molecule is CC(=O)NCc1ccc(C(=O)N2CCN(c3ncccn3)CC2)cc1. The maximum atomic E-state index is 12.6. The van der Waals surface area contributed by atoms with Crippen LogP contribution >= 0.6 is 0 Å². The second-order valence-electron chi connectivity index (χ2n) is 5.93. The monoisotopic (exact) mass is 339 g/mol. The van der Waals surface area contributed by atoms with Crippen molar-refractivity contribution in [3.05, 3.63) is 53.9 Å². The number of benzene rings is 1. The Morgan fingerprint density at radius 2 is 1.68 bits per heavy atom. The lowest BCUT2D eigenvalue weighted by molar-refractivity contribution is -0.119. The van der Waals surface area contributed by atoms with Crippen molar-refractivity contribution in [3.63, 3.8) is 0 Å². The van der Waals surface area contributed by atoms with Crippen LogP contribution in [0.25, 0.3) is 0 Å². The third-order valence-electron chi connectivity index (χ3n) is 4.14. The summed E-state index contributed by atoms with van der Waals surface area (Å²) in [6, 6.07) is 9.16. The molecule has 2 aromatic rings. The number of hydrogen-bond acceptors (Lipinski definition) is 5. The fourth-order valence-electron chi connectivity index (χ4n) is 2.74. The third kappa shape index (κ3) is 4.32. The van der Waals surface area contributed by atoms with Crippen LogP contribution in [0.5, 0.6) is 0 Å². The van der Waals surface area contributed by atoms with Crippen molar-refractivity contribution in [2.75, 3.05) is 31.1 Å². The van der Waals surface area contributed by atoms with E-state index in [1.54, 1.807) is 18.5 Å². The molecule has 1 saturated heterocycles. The molecule has 7 heteroatoms. The van der Waals surface area contributed by atoms with Gasteiger partial charge in [-0.25, -0.2) is 9.97 Å². The molecule has 3 rings (SSSR count). The lowest BCUT2D eigenvalue weighted by Gasteiger charge is -2.34. The minimum Gasteiger partial charge on any atom is -0.352 e. The van der Waals surface area contributed by atoms with E-state index in [9.17, 15) is 9.59 Å². The Morgan fingerprint density at radius 1 is 1.04 bits per heavy atom. The molecule has 2 heterocycles. The molecular formula is C18H21N5O2. The van der Waals surface area contributed by atoms with Gasteiger partial charge < -0.3 is 15.1 Å². The van der Waals surface area contributed by atoms with Crippen LogP contribution in [0.3, 0.4) is 0 Å². The Morgan fingerprint density at radius 3 is 2.28 bits per heavy atom. The number of rotatable bonds is 4. The van der Waals surface area contributed by atoms with E-state index in [4.69, 9.17) is 0 Å². The molecule has 1 fully saturated rings. The van der Waals surface area contributed by atoms with Gasteiger partial charge >= 0.3 is 0 Å². The standard InChI is InChI=1S/C18H21N5O2/c1-14(24)21-13-15-3-5-16(6-4-15)17(25)22-9-11-23(12-10-22)18-19-7-2-8-20-18/h2-8H,9-13H2,1H3,(H,21,24). The van der Waals surface area contributed by atoms with Gasteiger partial charge in [-0.1, -0.05) is 12.1 Å². The lowest BCUT2D eigenvalue weighted by Crippen LogP contribution is -2.49. The van der Waals surface area contributed by atoms with Crippen LogP contribution in [-0.4, -0.2) is 52.9 Å². The summed E-state index contributed by atoms with van der Waals surface area (Å²) in [6.45, 7) is 4.68. The zero-order valence-electron chi connectivity index (χ0n) is 14.2. The minimum atomic E-state index is -0.0691. The summed E-state index contributed by atoms with van der Waals surface area (Å²) in [4.78, 5) is 36.0. The first-order valence-electron chi connectivity index (χ1n) is 8.28. The number of hydrogen-bond donors (Lipinski definition) is 1. The number of aromatic nitrogens is 2. The molecule has 0 radical (unpaired) electrons. The first-order chi connectivity index (χ1) is 12.1. The molecule has 0 atom stereocenters. The molecule has 1 aromatic heterocycles. The quantitative estimate of drug-likeness (QED) is 0.902. The largest absolute Gasteiger partial charge is 0.352 e. The molecule has 0 spiro atoms. The number of amides is 2. The number of nitrogens with one attached hydrogen (secondary N) is 1. The fourth-order valence-corrected chi connectivity index (χ4v) is 2.74. The van der Waals surface area contributed by atoms with Crippen LogP contribution < -0.4 is 10.2 Å². The van der Waals surface area contributed by atoms with E-state index >= 15 is 0 Å². The smallest absolute Gasteiger partial charge is 0.253 e. The number of piperazine rings is 1. The highest BCUT2D eigenvalue weighted by atomic mass is 16.2. The van der Waals surface area contributed by atoms with E-state index in [0.717, 1.165) is 18.7 Å². The summed E-state index contributed by atoms with van der Waals surface area (Å²) in [5.74, 6) is 0.664. The number of carbonyl (C=O) groups is 2. The van der Waals surface area contributed by atoms with Crippen molar-refractivity contribution in [1.29, 1.82) is 0 Å². The molecule has 1 aliphatic heterocycles. The molecule has 25 heavy (non-hydrogen) atoms. The average molecular weight is 339 g/mol. The summed E-state index contributed by atoms with van der Waals surface area (Å²) in [7, 11) is 0. The van der Waals surface area contributed by atoms with Gasteiger partial charge in [0, 0.05) is 57.6 Å². The van der Waals surface area contributed by atoms with E-state index in [2.05, 4.69) is 20.2 Å². The van der Waals surface area contributed by atoms with E-state index in [-0.39, 0.29) is 11.8 Å². The first kappa shape index (κ1) is 16.9. The molecule has 1 aromatic carbocycles. The molecule has 0 aliphatic carbocycles. The first-order valence-corrected chi connectivity index (χ1v) is 8.28. The molecule has 0 bridgehead atoms. The summed E-state index contributed by atoms with van der Waals surface area (Å²) in [6.07, 6.45) is 3.45. The van der Waals surface area contributed by atoms with Gasteiger partial charge in [0.2, 0.25) is 11.9 Å². The number of nitrogens with zero attached hydrogens (tertiary/aromatic N) is 4. The van der Waals surface area contributed by atoms with Crippen LogP contribution in [-0.2, 0) is 11.3 Å². The topological polar surface area (TPSA) is 78.4 Å². The number of anilines is 1. The molecule has 2 amide bonds. The highest BCUT2D eigenvalue weighted by molar-refractivity contribution is 5.94. The lowest BCUT2D eigenvalue weighted by atomic mass is 10.1. The van der Waals surface area contributed by atoms with Gasteiger partial charge in [0.1, 0.15) is 0 Å². The molecule has 0 unspecified atom stereocenters. The van der Waals surface area contributed by atoms with Crippen molar-refractivity contribution in [1.82, 2.24) is 20.2 Å². The molecule has 7 nitrogen and oxygen atoms in total. The fraction of sp³-hybridized carbons (Fsp3) is 0.333. The van der Waals surface area contributed by atoms with Gasteiger partial charge in [0.15, 0.2) is 0 Å². The minimum absolute atomic E-state index is 0.0275. The summed E-state index contributed by atoms with van der Waals surface area (Å²) >= 11 is 0. The van der Waals surface area contributed by atoms with Crippen molar-refractivity contribution in [3.8, 4) is 0 Å². The van der Waals surface area contributed by atoms with E-state index < -0.39 is 0 Å². The molecule has 1 aliphatic rings. The van der Waals surface area contributed by atoms with E-state index in [1.807, 2.05) is 29.2 Å². The second kappa shape index (κ2) is 7.74. The molecule has 1 N–H and O–H groups in total. The number of carbonyl (C=O) groups excluding carboxylic acids is 2. The average Bonchev–Trinajstić information content (AvgIpc) is 2.67. The predicted octanol–water partition coefficient (Wildman–Crippen LogP) is 1.08. The second-order valence-corrected chi connectivity index (χ2v) is 5.93. The summed E-state index contributed by atoms with van der Waals surface area (Å²) in [5.41, 5.74) is 1.63. The van der Waals surface area contributed by atoms with Gasteiger partial charge in [0.05, 0.1) is 0 Å². The van der Waals surface area contributed by atoms with Crippen LogP contribution in [0.2, 0.25) is 0 Å². The highest BCUT2D eigenvalue weighted by Crippen LogP contribution is 2.13. The predicted molar refractivity (Wildman–Crippen MR) is 94.1 cm³/mol. The van der Waals surface area contributed by atoms with Gasteiger partial charge in [-0.05, 0) is 23.8 Å². The Labute approximate surface area is 146 Å². The van der Waals surface area contributed by atoms with E-state index in [0.29, 0.717) is 31.1 Å². The maximum absolute atomic E-state index is 12.6. The Kier molecular flexibility index (Phi) is 5.23. The summed E-state index contributed by atoms with van der Waals surface area (Å²) in [5, 5.41) is 2.74. The third-order valence-corrected chi connectivity index (χ3v) is 4.14. The molecule has 0 saturated carbocycles. The van der Waals surface area contributed by atoms with Crippen LogP contribution in [0.1, 0.15) is 22.8 Å². The van der Waals surface area contributed by atoms with Crippen LogP contribution in [0.4, 0.5) is 5.95 Å². The van der Waals surface area contributed by atoms with Crippen LogP contribution in [0, 0.1) is 0 Å². The van der Waals surface area contributed by atoms with E-state index in [1.165, 1.54) is 6.92 Å². The van der Waals surface area contributed by atoms with Crippen molar-refractivity contribution in [2.45, 2.75) is 13.5 Å². The highest BCUT2D eigenvalue weighted by Gasteiger charge is 2.23. The normalized spacial score (nSPS) is 14.3. The van der Waals surface area contributed by atoms with Crippen LogP contribution in [0.15, 0.2) is 42.7 Å². The van der Waals surface area contributed by atoms with Crippen molar-refractivity contribution >= 4 is 17.8 Å². The van der Waals surface area contributed by atoms with Gasteiger partial charge in [-0.2, -0.15) is 0 Å². The zero-order valence-corrected chi connectivity index (χ0v) is 14.2. The molecule has 130 valence electrons. The van der Waals surface area contributed by atoms with Crippen molar-refractivity contribution in [2.24, 2.45) is 0 Å². The van der Waals surface area contributed by atoms with Gasteiger partial charge in [-0.3, -0.25) is 9.59 Å². The Bertz CT molecular complexity index is 725. The summed E-state index contributed by atoms with van der Waals surface area (Å²) < 4.78 is 0. The van der Waals surface area contributed by atoms with Crippen molar-refractivity contribution < 1.29 is 9.59 Å². The maximum Gasteiger partial charge on any atom is 0.253 e. The Balaban J connectivity index is 1.56. The van der Waals surface area contributed by atoms with Gasteiger partial charge in [-0.15, -0.1) is 0 Å². The molecular weight excluding hydrogens is 318 g/mol. The Hall–Kier alpha value is -2.96. The zero-order chi connectivity index (χ0) is 17.6. The van der Waals surface area contributed by atoms with Gasteiger partial charge in [0.25, 0.3) is 5.91 Å².